The molecule has 0 saturated heterocycles. The van der Waals surface area contributed by atoms with Crippen molar-refractivity contribution in [2.24, 2.45) is 5.10 Å². The van der Waals surface area contributed by atoms with E-state index in [2.05, 4.69) is 32.5 Å². The van der Waals surface area contributed by atoms with Crippen LogP contribution in [0, 0.1) is 0 Å². The highest BCUT2D eigenvalue weighted by atomic mass is 79.9. The average molecular weight is 333 g/mol. The molecule has 0 fully saturated rings. The van der Waals surface area contributed by atoms with Crippen LogP contribution < -0.4 is 5.43 Å². The van der Waals surface area contributed by atoms with E-state index in [9.17, 15) is 4.79 Å². The molecule has 1 N–H and O–H groups in total. The highest BCUT2D eigenvalue weighted by Gasteiger charge is 2.16. The molecule has 1 aliphatic carbocycles. The summed E-state index contributed by atoms with van der Waals surface area (Å²) in [5, 5.41) is 4.25. The Balaban J connectivity index is 1.79. The van der Waals surface area contributed by atoms with E-state index in [1.54, 1.807) is 12.1 Å². The Kier molecular flexibility index (Phi) is 3.69. The van der Waals surface area contributed by atoms with Crippen LogP contribution in [0.25, 0.3) is 0 Å². The second-order valence-corrected chi connectivity index (χ2v) is 5.40. The molecule has 1 amide bonds. The van der Waals surface area contributed by atoms with E-state index in [-0.39, 0.29) is 11.7 Å². The summed E-state index contributed by atoms with van der Waals surface area (Å²) in [7, 11) is 0. The number of aryl methyl sites for hydroxylation is 1. The number of benzene rings is 1. The molecule has 1 aromatic heterocycles. The summed E-state index contributed by atoms with van der Waals surface area (Å²) in [5.41, 5.74) is 5.89. The Morgan fingerprint density at radius 1 is 1.20 bits per heavy atom. The molecular weight excluding hydrogens is 320 g/mol. The second-order valence-electron chi connectivity index (χ2n) is 4.61. The van der Waals surface area contributed by atoms with Crippen LogP contribution in [0.15, 0.2) is 50.6 Å². The summed E-state index contributed by atoms with van der Waals surface area (Å²) in [4.78, 5) is 11.9. The SMILES string of the molecule is O=C(N/N=C1\CCCc2ccccc21)c1ccc(Br)o1. The van der Waals surface area contributed by atoms with E-state index >= 15 is 0 Å². The third kappa shape index (κ3) is 2.67. The van der Waals surface area contributed by atoms with Gasteiger partial charge in [0.2, 0.25) is 0 Å². The highest BCUT2D eigenvalue weighted by Crippen LogP contribution is 2.21. The summed E-state index contributed by atoms with van der Waals surface area (Å²) in [6, 6.07) is 11.5. The fraction of sp³-hybridized carbons (Fsp3) is 0.200. The Hall–Kier alpha value is -1.88. The van der Waals surface area contributed by atoms with Gasteiger partial charge in [-0.3, -0.25) is 4.79 Å². The van der Waals surface area contributed by atoms with Crippen LogP contribution in [0.1, 0.15) is 34.5 Å². The Morgan fingerprint density at radius 2 is 2.05 bits per heavy atom. The minimum absolute atomic E-state index is 0.241. The maximum atomic E-state index is 11.9. The number of hydrogen-bond acceptors (Lipinski definition) is 3. The lowest BCUT2D eigenvalue weighted by Gasteiger charge is -2.17. The Labute approximate surface area is 125 Å². The monoisotopic (exact) mass is 332 g/mol. The zero-order chi connectivity index (χ0) is 13.9. The van der Waals surface area contributed by atoms with Crippen LogP contribution in [0.5, 0.6) is 0 Å². The van der Waals surface area contributed by atoms with Gasteiger partial charge < -0.3 is 4.42 Å². The topological polar surface area (TPSA) is 54.6 Å². The molecule has 5 heteroatoms. The molecular formula is C15H13BrN2O2. The third-order valence-corrected chi connectivity index (χ3v) is 3.70. The van der Waals surface area contributed by atoms with Gasteiger partial charge in [-0.25, -0.2) is 5.43 Å². The minimum Gasteiger partial charge on any atom is -0.444 e. The van der Waals surface area contributed by atoms with E-state index in [0.717, 1.165) is 30.5 Å². The molecule has 0 spiro atoms. The summed E-state index contributed by atoms with van der Waals surface area (Å²) in [5.74, 6) is -0.100. The Bertz CT molecular complexity index is 676. The van der Waals surface area contributed by atoms with Gasteiger partial charge in [-0.2, -0.15) is 5.10 Å². The van der Waals surface area contributed by atoms with Crippen molar-refractivity contribution >= 4 is 27.5 Å². The highest BCUT2D eigenvalue weighted by molar-refractivity contribution is 9.10. The maximum absolute atomic E-state index is 11.9. The molecule has 0 radical (unpaired) electrons. The number of carbonyl (C=O) groups excluding carboxylic acids is 1. The molecule has 0 unspecified atom stereocenters. The molecule has 1 aliphatic rings. The van der Waals surface area contributed by atoms with Crippen LogP contribution >= 0.6 is 15.9 Å². The van der Waals surface area contributed by atoms with Gasteiger partial charge >= 0.3 is 5.91 Å². The molecule has 0 saturated carbocycles. The number of nitrogens with one attached hydrogen (secondary N) is 1. The van der Waals surface area contributed by atoms with E-state index in [1.807, 2.05) is 18.2 Å². The molecule has 0 aliphatic heterocycles. The van der Waals surface area contributed by atoms with Gasteiger partial charge in [0.15, 0.2) is 10.4 Å². The number of hydrazone groups is 1. The number of halogens is 1. The van der Waals surface area contributed by atoms with Crippen molar-refractivity contribution in [2.45, 2.75) is 19.3 Å². The standard InChI is InChI=1S/C15H13BrN2O2/c16-14-9-8-13(20-14)15(19)18-17-12-7-3-5-10-4-1-2-6-11(10)12/h1-2,4,6,8-9H,3,5,7H2,(H,18,19)/b17-12+. The van der Waals surface area contributed by atoms with Gasteiger partial charge in [0.1, 0.15) is 0 Å². The van der Waals surface area contributed by atoms with Crippen molar-refractivity contribution in [1.29, 1.82) is 0 Å². The minimum atomic E-state index is -0.341. The third-order valence-electron chi connectivity index (χ3n) is 3.28. The molecule has 4 nitrogen and oxygen atoms in total. The second kappa shape index (κ2) is 5.63. The number of hydrogen-bond donors (Lipinski definition) is 1. The van der Waals surface area contributed by atoms with Gasteiger partial charge in [-0.15, -0.1) is 0 Å². The normalized spacial score (nSPS) is 15.9. The zero-order valence-corrected chi connectivity index (χ0v) is 12.3. The van der Waals surface area contributed by atoms with Crippen LogP contribution in [-0.4, -0.2) is 11.6 Å². The lowest BCUT2D eigenvalue weighted by atomic mass is 9.90. The van der Waals surface area contributed by atoms with Gasteiger partial charge in [0.25, 0.3) is 0 Å². The fourth-order valence-electron chi connectivity index (χ4n) is 2.33. The van der Waals surface area contributed by atoms with Crippen molar-refractivity contribution in [3.8, 4) is 0 Å². The predicted molar refractivity (Wildman–Crippen MR) is 79.8 cm³/mol. The number of furan rings is 1. The van der Waals surface area contributed by atoms with Crippen molar-refractivity contribution in [1.82, 2.24) is 5.43 Å². The lowest BCUT2D eigenvalue weighted by Crippen LogP contribution is -2.21. The number of amides is 1. The summed E-state index contributed by atoms with van der Waals surface area (Å²) in [6.07, 6.45) is 2.99. The largest absolute Gasteiger partial charge is 0.444 e. The molecule has 3 rings (SSSR count). The average Bonchev–Trinajstić information content (AvgIpc) is 2.91. The molecule has 1 heterocycles. The molecule has 20 heavy (non-hydrogen) atoms. The quantitative estimate of drug-likeness (QED) is 0.855. The van der Waals surface area contributed by atoms with Crippen molar-refractivity contribution in [3.63, 3.8) is 0 Å². The predicted octanol–water partition coefficient (Wildman–Crippen LogP) is 3.51. The maximum Gasteiger partial charge on any atom is 0.307 e. The first-order chi connectivity index (χ1) is 9.74. The van der Waals surface area contributed by atoms with Gasteiger partial charge in [0.05, 0.1) is 5.71 Å². The zero-order valence-electron chi connectivity index (χ0n) is 10.7. The molecule has 1 aromatic carbocycles. The molecule has 102 valence electrons. The van der Waals surface area contributed by atoms with Crippen LogP contribution in [0.4, 0.5) is 0 Å². The molecule has 2 aromatic rings. The number of fused-ring (bicyclic) bond motifs is 1. The first kappa shape index (κ1) is 13.1. The van der Waals surface area contributed by atoms with E-state index in [0.29, 0.717) is 4.67 Å². The van der Waals surface area contributed by atoms with Gasteiger partial charge in [-0.1, -0.05) is 24.3 Å². The van der Waals surface area contributed by atoms with Gasteiger partial charge in [-0.05, 0) is 52.9 Å². The van der Waals surface area contributed by atoms with Crippen molar-refractivity contribution in [3.05, 3.63) is 58.0 Å². The van der Waals surface area contributed by atoms with Gasteiger partial charge in [0, 0.05) is 5.56 Å². The van der Waals surface area contributed by atoms with Crippen molar-refractivity contribution < 1.29 is 9.21 Å². The summed E-state index contributed by atoms with van der Waals surface area (Å²) >= 11 is 3.17. The van der Waals surface area contributed by atoms with E-state index in [1.165, 1.54) is 5.56 Å². The molecule has 0 bridgehead atoms. The summed E-state index contributed by atoms with van der Waals surface area (Å²) in [6.45, 7) is 0. The number of carbonyl (C=O) groups is 1. The van der Waals surface area contributed by atoms with Crippen LogP contribution in [-0.2, 0) is 6.42 Å². The van der Waals surface area contributed by atoms with E-state index < -0.39 is 0 Å². The number of rotatable bonds is 2. The first-order valence-corrected chi connectivity index (χ1v) is 7.24. The smallest absolute Gasteiger partial charge is 0.307 e. The first-order valence-electron chi connectivity index (χ1n) is 6.44. The summed E-state index contributed by atoms with van der Waals surface area (Å²) < 4.78 is 5.72. The lowest BCUT2D eigenvalue weighted by molar-refractivity contribution is 0.0926. The van der Waals surface area contributed by atoms with Crippen LogP contribution in [0.3, 0.4) is 0 Å². The van der Waals surface area contributed by atoms with Crippen molar-refractivity contribution in [2.75, 3.05) is 0 Å². The number of nitrogens with zero attached hydrogens (tertiary/aromatic N) is 1. The molecule has 0 atom stereocenters. The van der Waals surface area contributed by atoms with Crippen LogP contribution in [0.2, 0.25) is 0 Å². The fourth-order valence-corrected chi connectivity index (χ4v) is 2.63. The van der Waals surface area contributed by atoms with E-state index in [4.69, 9.17) is 4.42 Å². The Morgan fingerprint density at radius 3 is 2.85 bits per heavy atom.